The number of nitrogen functional groups attached to an aromatic ring is 1. The zero-order valence-corrected chi connectivity index (χ0v) is 21.3. The number of ether oxygens (including phenoxy) is 2. The van der Waals surface area contributed by atoms with Crippen LogP contribution in [0.4, 0.5) is 10.2 Å². The lowest BCUT2D eigenvalue weighted by molar-refractivity contribution is 0.293. The van der Waals surface area contributed by atoms with Crippen molar-refractivity contribution in [3.05, 3.63) is 72.3 Å². The molecular weight excluding hydrogens is 485 g/mol. The van der Waals surface area contributed by atoms with Crippen LogP contribution < -0.4 is 15.2 Å². The third-order valence-electron chi connectivity index (χ3n) is 7.10. The van der Waals surface area contributed by atoms with Gasteiger partial charge in [-0.2, -0.15) is 5.10 Å². The Kier molecular flexibility index (Phi) is 6.15. The van der Waals surface area contributed by atoms with E-state index in [4.69, 9.17) is 20.3 Å². The Morgan fingerprint density at radius 2 is 1.76 bits per heavy atom. The second-order valence-corrected chi connectivity index (χ2v) is 9.58. The Hall–Kier alpha value is -4.47. The first-order valence-electron chi connectivity index (χ1n) is 12.6. The molecule has 0 radical (unpaired) electrons. The first-order valence-corrected chi connectivity index (χ1v) is 12.6. The highest BCUT2D eigenvalue weighted by Crippen LogP contribution is 2.37. The van der Waals surface area contributed by atoms with Crippen molar-refractivity contribution in [2.24, 2.45) is 7.05 Å². The monoisotopic (exact) mass is 513 g/mol. The van der Waals surface area contributed by atoms with E-state index < -0.39 is 5.82 Å². The molecule has 194 valence electrons. The van der Waals surface area contributed by atoms with Crippen LogP contribution in [-0.2, 0) is 13.7 Å². The summed E-state index contributed by atoms with van der Waals surface area (Å²) in [7, 11) is 1.91. The summed E-state index contributed by atoms with van der Waals surface area (Å²) in [6.45, 7) is 2.18. The predicted molar refractivity (Wildman–Crippen MR) is 141 cm³/mol. The van der Waals surface area contributed by atoms with Crippen LogP contribution in [0.1, 0.15) is 43.2 Å². The van der Waals surface area contributed by atoms with Gasteiger partial charge < -0.3 is 19.8 Å². The number of rotatable bonds is 7. The van der Waals surface area contributed by atoms with Crippen LogP contribution in [0, 0.1) is 12.7 Å². The molecule has 0 bridgehead atoms. The molecule has 2 aromatic carbocycles. The van der Waals surface area contributed by atoms with Gasteiger partial charge in [0.15, 0.2) is 5.65 Å². The summed E-state index contributed by atoms with van der Waals surface area (Å²) in [4.78, 5) is 13.0. The Morgan fingerprint density at radius 1 is 1.00 bits per heavy atom. The van der Waals surface area contributed by atoms with E-state index in [2.05, 4.69) is 15.0 Å². The molecule has 2 N–H and O–H groups in total. The lowest BCUT2D eigenvalue weighted by atomic mass is 10.1. The van der Waals surface area contributed by atoms with Crippen LogP contribution >= 0.6 is 0 Å². The van der Waals surface area contributed by atoms with Crippen LogP contribution in [0.3, 0.4) is 0 Å². The van der Waals surface area contributed by atoms with Crippen LogP contribution in [0.15, 0.2) is 55.0 Å². The fraction of sp³-hybridized carbons (Fsp3) is 0.286. The molecule has 5 aromatic rings. The average molecular weight is 514 g/mol. The first kappa shape index (κ1) is 23.9. The summed E-state index contributed by atoms with van der Waals surface area (Å²) in [5.74, 6) is 2.09. The number of aryl methyl sites for hydroxylation is 1. The van der Waals surface area contributed by atoms with E-state index in [1.54, 1.807) is 12.3 Å². The molecule has 3 heterocycles. The second kappa shape index (κ2) is 9.77. The SMILES string of the molecule is Cc1ncc(COc2cc(F)cc(Oc3ccc(-c4nn(C5CCCC5)c5ncnc(N)c45)cc3)c2)n1C. The Bertz CT molecular complexity index is 1600. The smallest absolute Gasteiger partial charge is 0.164 e. The standard InChI is InChI=1S/C28H28FN7O2/c1-17-31-14-21(35(17)2)15-37-23-11-19(29)12-24(13-23)38-22-9-7-18(8-10-22)26-25-27(30)32-16-33-28(25)36(34-26)20-5-3-4-6-20/h7-14,16,20H,3-6,15H2,1-2H3,(H2,30,32,33). The first-order chi connectivity index (χ1) is 18.5. The van der Waals surface area contributed by atoms with Crippen molar-refractivity contribution in [1.29, 1.82) is 0 Å². The molecule has 0 atom stereocenters. The summed E-state index contributed by atoms with van der Waals surface area (Å²) >= 11 is 0. The largest absolute Gasteiger partial charge is 0.487 e. The van der Waals surface area contributed by atoms with Crippen molar-refractivity contribution < 1.29 is 13.9 Å². The minimum absolute atomic E-state index is 0.267. The molecule has 1 aliphatic rings. The number of fused-ring (bicyclic) bond motifs is 1. The molecule has 1 saturated carbocycles. The third kappa shape index (κ3) is 4.53. The molecule has 0 spiro atoms. The zero-order valence-electron chi connectivity index (χ0n) is 21.3. The highest BCUT2D eigenvalue weighted by atomic mass is 19.1. The predicted octanol–water partition coefficient (Wildman–Crippen LogP) is 5.74. The Labute approximate surface area is 219 Å². The van der Waals surface area contributed by atoms with Gasteiger partial charge in [-0.25, -0.2) is 24.0 Å². The quantitative estimate of drug-likeness (QED) is 0.296. The van der Waals surface area contributed by atoms with Crippen molar-refractivity contribution in [3.63, 3.8) is 0 Å². The highest BCUT2D eigenvalue weighted by molar-refractivity contribution is 5.98. The molecule has 10 heteroatoms. The number of nitrogens with zero attached hydrogens (tertiary/aromatic N) is 6. The van der Waals surface area contributed by atoms with Gasteiger partial charge in [0, 0.05) is 30.8 Å². The molecular formula is C28H28FN7O2. The molecule has 0 saturated heterocycles. The number of hydrogen-bond acceptors (Lipinski definition) is 7. The summed E-state index contributed by atoms with van der Waals surface area (Å²) in [5.41, 5.74) is 9.51. The van der Waals surface area contributed by atoms with Crippen LogP contribution in [-0.4, -0.2) is 29.3 Å². The van der Waals surface area contributed by atoms with E-state index in [0.717, 1.165) is 46.7 Å². The highest BCUT2D eigenvalue weighted by Gasteiger charge is 2.24. The molecule has 1 fully saturated rings. The molecule has 0 amide bonds. The van der Waals surface area contributed by atoms with E-state index in [1.165, 1.54) is 31.3 Å². The van der Waals surface area contributed by atoms with Crippen LogP contribution in [0.5, 0.6) is 17.2 Å². The summed E-state index contributed by atoms with van der Waals surface area (Å²) in [5, 5.41) is 5.67. The van der Waals surface area contributed by atoms with Gasteiger partial charge in [-0.05, 0) is 44.0 Å². The fourth-order valence-electron chi connectivity index (χ4n) is 4.94. The van der Waals surface area contributed by atoms with Gasteiger partial charge in [-0.1, -0.05) is 12.8 Å². The van der Waals surface area contributed by atoms with Gasteiger partial charge in [-0.15, -0.1) is 0 Å². The maximum atomic E-state index is 14.3. The van der Waals surface area contributed by atoms with Gasteiger partial charge in [0.25, 0.3) is 0 Å². The molecule has 38 heavy (non-hydrogen) atoms. The number of benzene rings is 2. The minimum Gasteiger partial charge on any atom is -0.487 e. The lowest BCUT2D eigenvalue weighted by Crippen LogP contribution is -2.07. The lowest BCUT2D eigenvalue weighted by Gasteiger charge is -2.11. The number of hydrogen-bond donors (Lipinski definition) is 1. The van der Waals surface area contributed by atoms with E-state index in [1.807, 2.05) is 47.5 Å². The normalized spacial score (nSPS) is 13.9. The summed E-state index contributed by atoms with van der Waals surface area (Å²) in [6, 6.07) is 12.1. The van der Waals surface area contributed by atoms with Crippen molar-refractivity contribution in [3.8, 4) is 28.5 Å². The van der Waals surface area contributed by atoms with Gasteiger partial charge in [0.1, 0.15) is 53.3 Å². The van der Waals surface area contributed by atoms with Crippen LogP contribution in [0.2, 0.25) is 0 Å². The van der Waals surface area contributed by atoms with E-state index in [0.29, 0.717) is 29.1 Å². The van der Waals surface area contributed by atoms with Gasteiger partial charge >= 0.3 is 0 Å². The van der Waals surface area contributed by atoms with Gasteiger partial charge in [-0.3, -0.25) is 0 Å². The van der Waals surface area contributed by atoms with E-state index >= 15 is 0 Å². The molecule has 0 aliphatic heterocycles. The zero-order chi connectivity index (χ0) is 26.2. The van der Waals surface area contributed by atoms with E-state index in [9.17, 15) is 4.39 Å². The number of aromatic nitrogens is 6. The maximum Gasteiger partial charge on any atom is 0.164 e. The number of halogens is 1. The van der Waals surface area contributed by atoms with Crippen molar-refractivity contribution in [2.45, 2.75) is 45.3 Å². The van der Waals surface area contributed by atoms with Gasteiger partial charge in [0.05, 0.1) is 23.3 Å². The summed E-state index contributed by atoms with van der Waals surface area (Å²) < 4.78 is 30.0. The topological polar surface area (TPSA) is 106 Å². The molecule has 1 aliphatic carbocycles. The minimum atomic E-state index is -0.449. The molecule has 0 unspecified atom stereocenters. The average Bonchev–Trinajstić information content (AvgIpc) is 3.64. The molecule has 9 nitrogen and oxygen atoms in total. The Morgan fingerprint density at radius 3 is 2.50 bits per heavy atom. The van der Waals surface area contributed by atoms with Crippen molar-refractivity contribution >= 4 is 16.9 Å². The van der Waals surface area contributed by atoms with Crippen molar-refractivity contribution in [1.82, 2.24) is 29.3 Å². The Balaban J connectivity index is 1.23. The third-order valence-corrected chi connectivity index (χ3v) is 7.10. The fourth-order valence-corrected chi connectivity index (χ4v) is 4.94. The van der Waals surface area contributed by atoms with Crippen molar-refractivity contribution in [2.75, 3.05) is 5.73 Å². The van der Waals surface area contributed by atoms with Crippen LogP contribution in [0.25, 0.3) is 22.3 Å². The molecule has 6 rings (SSSR count). The second-order valence-electron chi connectivity index (χ2n) is 9.58. The number of imidazole rings is 1. The van der Waals surface area contributed by atoms with Gasteiger partial charge in [0.2, 0.25) is 0 Å². The van der Waals surface area contributed by atoms with E-state index in [-0.39, 0.29) is 6.61 Å². The maximum absolute atomic E-state index is 14.3. The number of anilines is 1. The molecule has 3 aromatic heterocycles. The number of nitrogens with two attached hydrogens (primary N) is 1. The summed E-state index contributed by atoms with van der Waals surface area (Å²) in [6.07, 6.45) is 7.75.